The summed E-state index contributed by atoms with van der Waals surface area (Å²) in [6, 6.07) is 15.9. The Balaban J connectivity index is 1.95. The van der Waals surface area contributed by atoms with Crippen molar-refractivity contribution in [3.05, 3.63) is 76.4 Å². The Labute approximate surface area is 122 Å². The van der Waals surface area contributed by atoms with E-state index in [0.717, 1.165) is 12.8 Å². The zero-order chi connectivity index (χ0) is 14.1. The Bertz CT molecular complexity index is 644. The number of fused-ring (bicyclic) bond motifs is 1. The lowest BCUT2D eigenvalue weighted by atomic mass is 9.82. The molecule has 0 saturated heterocycles. The van der Waals surface area contributed by atoms with Crippen LogP contribution in [0, 0.1) is 6.92 Å². The third-order valence-corrected chi connectivity index (χ3v) is 4.36. The molecule has 102 valence electrons. The summed E-state index contributed by atoms with van der Waals surface area (Å²) in [7, 11) is 0. The van der Waals surface area contributed by atoms with Gasteiger partial charge in [0.05, 0.1) is 0 Å². The molecule has 0 aromatic heterocycles. The van der Waals surface area contributed by atoms with E-state index in [1.165, 1.54) is 33.4 Å². The van der Waals surface area contributed by atoms with E-state index in [0.29, 0.717) is 5.92 Å². The fourth-order valence-electron chi connectivity index (χ4n) is 3.11. The average Bonchev–Trinajstić information content (AvgIpc) is 2.48. The van der Waals surface area contributed by atoms with Crippen molar-refractivity contribution in [2.75, 3.05) is 0 Å². The van der Waals surface area contributed by atoms with E-state index in [4.69, 9.17) is 0 Å². The molecule has 20 heavy (non-hydrogen) atoms. The van der Waals surface area contributed by atoms with Crippen LogP contribution >= 0.6 is 0 Å². The molecule has 0 amide bonds. The molecule has 0 nitrogen and oxygen atoms in total. The van der Waals surface area contributed by atoms with Crippen LogP contribution in [-0.2, 0) is 12.8 Å². The number of benzene rings is 2. The van der Waals surface area contributed by atoms with Crippen LogP contribution in [0.25, 0.3) is 5.57 Å². The first kappa shape index (κ1) is 13.2. The monoisotopic (exact) mass is 262 g/mol. The predicted octanol–water partition coefficient (Wildman–Crippen LogP) is 5.30. The van der Waals surface area contributed by atoms with Crippen molar-refractivity contribution >= 4 is 5.57 Å². The van der Waals surface area contributed by atoms with Crippen LogP contribution in [0.15, 0.2) is 48.5 Å². The van der Waals surface area contributed by atoms with Crippen molar-refractivity contribution in [3.63, 3.8) is 0 Å². The molecule has 0 heterocycles. The van der Waals surface area contributed by atoms with E-state index < -0.39 is 0 Å². The number of aryl methyl sites for hydroxylation is 2. The summed E-state index contributed by atoms with van der Waals surface area (Å²) < 4.78 is 0. The van der Waals surface area contributed by atoms with Crippen molar-refractivity contribution in [1.82, 2.24) is 0 Å². The van der Waals surface area contributed by atoms with Gasteiger partial charge < -0.3 is 0 Å². The zero-order valence-corrected chi connectivity index (χ0v) is 12.6. The van der Waals surface area contributed by atoms with Gasteiger partial charge in [-0.1, -0.05) is 68.0 Å². The van der Waals surface area contributed by atoms with E-state index in [2.05, 4.69) is 69.3 Å². The fourth-order valence-corrected chi connectivity index (χ4v) is 3.11. The molecule has 3 rings (SSSR count). The van der Waals surface area contributed by atoms with Gasteiger partial charge in [0.25, 0.3) is 0 Å². The highest BCUT2D eigenvalue weighted by Crippen LogP contribution is 2.34. The molecule has 0 aliphatic heterocycles. The van der Waals surface area contributed by atoms with Crippen LogP contribution in [0.5, 0.6) is 0 Å². The fraction of sp³-hybridized carbons (Fsp3) is 0.300. The van der Waals surface area contributed by atoms with Crippen LogP contribution in [0.2, 0.25) is 0 Å². The second-order valence-corrected chi connectivity index (χ2v) is 5.91. The summed E-state index contributed by atoms with van der Waals surface area (Å²) in [4.78, 5) is 0. The van der Waals surface area contributed by atoms with Crippen LogP contribution in [-0.4, -0.2) is 0 Å². The van der Waals surface area contributed by atoms with Gasteiger partial charge in [-0.2, -0.15) is 0 Å². The quantitative estimate of drug-likeness (QED) is 0.689. The second-order valence-electron chi connectivity index (χ2n) is 5.91. The standard InChI is InChI=1S/C20H22/c1-4-16-6-9-17(10-7-16)19-12-15(3)20-11-14(2)5-8-18(20)13-19/h5-12,15H,4,13H2,1-3H3. The van der Waals surface area contributed by atoms with Crippen molar-refractivity contribution in [2.45, 2.75) is 39.5 Å². The van der Waals surface area contributed by atoms with Crippen LogP contribution < -0.4 is 0 Å². The van der Waals surface area contributed by atoms with E-state index in [1.54, 1.807) is 0 Å². The zero-order valence-electron chi connectivity index (χ0n) is 12.6. The maximum absolute atomic E-state index is 2.43. The van der Waals surface area contributed by atoms with E-state index in [9.17, 15) is 0 Å². The Morgan fingerprint density at radius 2 is 1.80 bits per heavy atom. The summed E-state index contributed by atoms with van der Waals surface area (Å²) in [5, 5.41) is 0. The molecular formula is C20H22. The molecule has 1 aliphatic rings. The first-order valence-corrected chi connectivity index (χ1v) is 7.57. The minimum atomic E-state index is 0.513. The van der Waals surface area contributed by atoms with E-state index >= 15 is 0 Å². The SMILES string of the molecule is CCc1ccc(C2=CC(C)c3cc(C)ccc3C2)cc1. The summed E-state index contributed by atoms with van der Waals surface area (Å²) in [5.74, 6) is 0.513. The molecule has 0 bridgehead atoms. The number of rotatable bonds is 2. The first-order valence-electron chi connectivity index (χ1n) is 7.57. The first-order chi connectivity index (χ1) is 9.67. The average molecular weight is 262 g/mol. The Morgan fingerprint density at radius 3 is 2.50 bits per heavy atom. The molecule has 2 aromatic carbocycles. The van der Waals surface area contributed by atoms with E-state index in [1.807, 2.05) is 0 Å². The lowest BCUT2D eigenvalue weighted by Crippen LogP contribution is -2.06. The molecule has 0 spiro atoms. The summed E-state index contributed by atoms with van der Waals surface area (Å²) >= 11 is 0. The molecule has 0 saturated carbocycles. The van der Waals surface area contributed by atoms with Crippen LogP contribution in [0.4, 0.5) is 0 Å². The van der Waals surface area contributed by atoms with Crippen molar-refractivity contribution in [2.24, 2.45) is 0 Å². The van der Waals surface area contributed by atoms with Gasteiger partial charge in [0.1, 0.15) is 0 Å². The topological polar surface area (TPSA) is 0 Å². The van der Waals surface area contributed by atoms with Gasteiger partial charge in [0.15, 0.2) is 0 Å². The molecule has 0 N–H and O–H groups in total. The lowest BCUT2D eigenvalue weighted by Gasteiger charge is -2.23. The number of hydrogen-bond donors (Lipinski definition) is 0. The maximum atomic E-state index is 2.43. The van der Waals surface area contributed by atoms with Gasteiger partial charge in [-0.25, -0.2) is 0 Å². The van der Waals surface area contributed by atoms with Crippen molar-refractivity contribution < 1.29 is 0 Å². The predicted molar refractivity (Wildman–Crippen MR) is 87.1 cm³/mol. The largest absolute Gasteiger partial charge is 0.0731 e. The Morgan fingerprint density at radius 1 is 1.05 bits per heavy atom. The molecule has 1 unspecified atom stereocenters. The minimum absolute atomic E-state index is 0.513. The highest BCUT2D eigenvalue weighted by atomic mass is 14.2. The molecule has 0 radical (unpaired) electrons. The molecule has 0 heteroatoms. The third-order valence-electron chi connectivity index (χ3n) is 4.36. The molecule has 1 atom stereocenters. The minimum Gasteiger partial charge on any atom is -0.0731 e. The summed E-state index contributed by atoms with van der Waals surface area (Å²) in [5.41, 5.74) is 8.60. The molecule has 1 aliphatic carbocycles. The van der Waals surface area contributed by atoms with Crippen molar-refractivity contribution in [1.29, 1.82) is 0 Å². The molecule has 0 fully saturated rings. The maximum Gasteiger partial charge on any atom is -0.000134 e. The Hall–Kier alpha value is -1.82. The smallest absolute Gasteiger partial charge is 0.000134 e. The summed E-state index contributed by atoms with van der Waals surface area (Å²) in [6.07, 6.45) is 4.60. The Kier molecular flexibility index (Phi) is 3.48. The van der Waals surface area contributed by atoms with Gasteiger partial charge in [-0.15, -0.1) is 0 Å². The molecule has 2 aromatic rings. The highest BCUT2D eigenvalue weighted by molar-refractivity contribution is 5.71. The van der Waals surface area contributed by atoms with Crippen molar-refractivity contribution in [3.8, 4) is 0 Å². The summed E-state index contributed by atoms with van der Waals surface area (Å²) in [6.45, 7) is 6.68. The van der Waals surface area contributed by atoms with Gasteiger partial charge in [-0.05, 0) is 53.5 Å². The highest BCUT2D eigenvalue weighted by Gasteiger charge is 2.17. The normalized spacial score (nSPS) is 17.6. The van der Waals surface area contributed by atoms with Gasteiger partial charge in [-0.3, -0.25) is 0 Å². The lowest BCUT2D eigenvalue weighted by molar-refractivity contribution is 0.913. The number of hydrogen-bond acceptors (Lipinski definition) is 0. The second kappa shape index (κ2) is 5.28. The van der Waals surface area contributed by atoms with Gasteiger partial charge in [0, 0.05) is 0 Å². The van der Waals surface area contributed by atoms with Crippen LogP contribution in [0.3, 0.4) is 0 Å². The molecular weight excluding hydrogens is 240 g/mol. The van der Waals surface area contributed by atoms with E-state index in [-0.39, 0.29) is 0 Å². The third kappa shape index (κ3) is 2.43. The van der Waals surface area contributed by atoms with Gasteiger partial charge >= 0.3 is 0 Å². The number of allylic oxidation sites excluding steroid dienone is 2. The van der Waals surface area contributed by atoms with Crippen LogP contribution in [0.1, 0.15) is 47.6 Å². The van der Waals surface area contributed by atoms with Gasteiger partial charge in [0.2, 0.25) is 0 Å².